The first kappa shape index (κ1) is 41.7. The summed E-state index contributed by atoms with van der Waals surface area (Å²) in [5.41, 5.74) is -0.137. The lowest BCUT2D eigenvalue weighted by Gasteiger charge is -2.35. The van der Waals surface area contributed by atoms with Crippen LogP contribution >= 0.6 is 0 Å². The van der Waals surface area contributed by atoms with Crippen LogP contribution in [0.2, 0.25) is 0 Å². The van der Waals surface area contributed by atoms with Gasteiger partial charge in [0.15, 0.2) is 0 Å². The van der Waals surface area contributed by atoms with Crippen LogP contribution < -0.4 is 5.32 Å². The number of fused-ring (bicyclic) bond motifs is 3. The summed E-state index contributed by atoms with van der Waals surface area (Å²) >= 11 is 0. The maximum Gasteiger partial charge on any atom is 0.324 e. The number of hydrogen-bond donors (Lipinski definition) is 11. The first-order valence-electron chi connectivity index (χ1n) is 17.1. The van der Waals surface area contributed by atoms with Gasteiger partial charge in [-0.05, 0) is 62.2 Å². The number of nitrogens with zero attached hydrogens (tertiary/aromatic N) is 2. The zero-order chi connectivity index (χ0) is 37.5. The van der Waals surface area contributed by atoms with E-state index in [0.29, 0.717) is 24.8 Å². The summed E-state index contributed by atoms with van der Waals surface area (Å²) in [5.74, 6) is -3.17. The standard InChI is InChI=1S/C13H21NO6.C11H19NO4.C9H15NO4/c1-7(2)10-5-14(4-8(16)6-15)12(13(19)20)9(10)3-11(17)18;13-6-9(14)5-12-11(10(15)16)4-7-1-2-8(11)3-7;11-4-6(12)3-10-2-5-1-7(5)8(10)9(13)14/h8-10,12,15-16H,1,3-6H2,2H3,(H,17,18)(H,19,20);7-9,12-14H,1-6H2,(H,15,16);5-8,11-12H,1-4H2,(H,13,14). The molecule has 11 N–H and O–H groups in total. The fourth-order valence-electron chi connectivity index (χ4n) is 8.48. The van der Waals surface area contributed by atoms with Gasteiger partial charge < -0.3 is 51.1 Å². The lowest BCUT2D eigenvalue weighted by molar-refractivity contribution is -0.148. The van der Waals surface area contributed by atoms with Gasteiger partial charge in [0.05, 0.1) is 44.6 Å². The Morgan fingerprint density at radius 1 is 0.820 bits per heavy atom. The molecule has 5 fully saturated rings. The van der Waals surface area contributed by atoms with Crippen LogP contribution in [0, 0.1) is 35.5 Å². The molecule has 286 valence electrons. The predicted octanol–water partition coefficient (Wildman–Crippen LogP) is -2.29. The SMILES string of the molecule is C=C(C)C1CN(CC(O)CO)C(C(=O)O)C1CC(=O)O.O=C(O)C1(NCC(O)CO)CC2CCC1C2.O=C(O)C1C2CC2CN1CC(O)CO. The van der Waals surface area contributed by atoms with Crippen LogP contribution in [0.25, 0.3) is 0 Å². The van der Waals surface area contributed by atoms with Gasteiger partial charge in [0.25, 0.3) is 0 Å². The van der Waals surface area contributed by atoms with E-state index in [4.69, 9.17) is 25.5 Å². The molecule has 3 aliphatic carbocycles. The van der Waals surface area contributed by atoms with Crippen molar-refractivity contribution in [2.24, 2.45) is 35.5 Å². The summed E-state index contributed by atoms with van der Waals surface area (Å²) in [6.45, 7) is 5.90. The molecule has 3 saturated carbocycles. The van der Waals surface area contributed by atoms with E-state index in [2.05, 4.69) is 11.9 Å². The number of carbonyl (C=O) groups is 4. The summed E-state index contributed by atoms with van der Waals surface area (Å²) in [5, 5.41) is 93.9. The largest absolute Gasteiger partial charge is 0.481 e. The fraction of sp³-hybridized carbons (Fsp3) is 0.818. The van der Waals surface area contributed by atoms with Crippen molar-refractivity contribution in [3.8, 4) is 0 Å². The van der Waals surface area contributed by atoms with Gasteiger partial charge in [-0.15, -0.1) is 0 Å². The first-order chi connectivity index (χ1) is 23.5. The van der Waals surface area contributed by atoms with Gasteiger partial charge in [-0.3, -0.25) is 34.3 Å². The zero-order valence-corrected chi connectivity index (χ0v) is 28.5. The average molecular weight is 718 g/mol. The second kappa shape index (κ2) is 18.1. The molecular formula is C33H55N3O14. The molecule has 2 aliphatic heterocycles. The van der Waals surface area contributed by atoms with Crippen LogP contribution in [0.3, 0.4) is 0 Å². The Bertz CT molecular complexity index is 1210. The Morgan fingerprint density at radius 3 is 1.80 bits per heavy atom. The predicted molar refractivity (Wildman–Crippen MR) is 175 cm³/mol. The molecule has 50 heavy (non-hydrogen) atoms. The van der Waals surface area contributed by atoms with Crippen molar-refractivity contribution in [1.29, 1.82) is 0 Å². The highest BCUT2D eigenvalue weighted by molar-refractivity contribution is 5.80. The molecule has 0 amide bonds. The van der Waals surface area contributed by atoms with Crippen LogP contribution in [-0.4, -0.2) is 173 Å². The van der Waals surface area contributed by atoms with Crippen molar-refractivity contribution >= 4 is 23.9 Å². The lowest BCUT2D eigenvalue weighted by atomic mass is 9.81. The Kier molecular flexibility index (Phi) is 15.1. The number of carboxylic acid groups (broad SMARTS) is 4. The zero-order valence-electron chi connectivity index (χ0n) is 28.5. The van der Waals surface area contributed by atoms with E-state index in [0.717, 1.165) is 37.8 Å². The van der Waals surface area contributed by atoms with E-state index in [-0.39, 0.29) is 57.0 Å². The molecule has 2 bridgehead atoms. The Labute approximate surface area is 290 Å². The second-order valence-electron chi connectivity index (χ2n) is 14.6. The molecule has 5 rings (SSSR count). The van der Waals surface area contributed by atoms with Crippen molar-refractivity contribution in [3.63, 3.8) is 0 Å². The van der Waals surface area contributed by atoms with Gasteiger partial charge in [0.2, 0.25) is 0 Å². The number of rotatable bonds is 16. The molecule has 2 saturated heterocycles. The highest BCUT2D eigenvalue weighted by Crippen LogP contribution is 2.51. The molecule has 0 spiro atoms. The first-order valence-corrected chi connectivity index (χ1v) is 17.1. The Hall–Kier alpha value is -2.74. The normalized spacial score (nSPS) is 34.4. The van der Waals surface area contributed by atoms with Crippen molar-refractivity contribution in [1.82, 2.24) is 15.1 Å². The van der Waals surface area contributed by atoms with Crippen LogP contribution in [0.15, 0.2) is 12.2 Å². The number of β-amino-alcohol motifs (C(OH)–C–C–N with tert-alkyl or cyclic N) is 3. The molecule has 17 heteroatoms. The number of likely N-dealkylation sites (tertiary alicyclic amines) is 2. The Morgan fingerprint density at radius 2 is 1.38 bits per heavy atom. The summed E-state index contributed by atoms with van der Waals surface area (Å²) in [4.78, 5) is 48.0. The molecule has 0 aromatic rings. The number of carboxylic acids is 4. The van der Waals surface area contributed by atoms with Gasteiger partial charge in [-0.2, -0.15) is 0 Å². The number of hydrogen-bond acceptors (Lipinski definition) is 13. The second-order valence-corrected chi connectivity index (χ2v) is 14.6. The smallest absolute Gasteiger partial charge is 0.324 e. The quantitative estimate of drug-likeness (QED) is 0.0749. The molecular weight excluding hydrogens is 662 g/mol. The minimum atomic E-state index is -1.12. The van der Waals surface area contributed by atoms with Gasteiger partial charge in [-0.25, -0.2) is 0 Å². The molecule has 12 unspecified atom stereocenters. The van der Waals surface area contributed by atoms with Crippen molar-refractivity contribution in [2.75, 3.05) is 52.5 Å². The van der Waals surface area contributed by atoms with Crippen LogP contribution in [0.5, 0.6) is 0 Å². The van der Waals surface area contributed by atoms with E-state index in [9.17, 15) is 44.7 Å². The van der Waals surface area contributed by atoms with Gasteiger partial charge in [0, 0.05) is 38.6 Å². The van der Waals surface area contributed by atoms with Gasteiger partial charge in [-0.1, -0.05) is 18.6 Å². The third kappa shape index (κ3) is 10.2. The lowest BCUT2D eigenvalue weighted by Crippen LogP contribution is -2.57. The van der Waals surface area contributed by atoms with Crippen molar-refractivity contribution in [2.45, 2.75) is 81.4 Å². The van der Waals surface area contributed by atoms with Crippen molar-refractivity contribution in [3.05, 3.63) is 12.2 Å². The average Bonchev–Trinajstić information content (AvgIpc) is 3.41. The third-order valence-corrected chi connectivity index (χ3v) is 10.9. The van der Waals surface area contributed by atoms with Gasteiger partial charge in [0.1, 0.15) is 17.6 Å². The molecule has 12 atom stereocenters. The number of aliphatic carboxylic acids is 4. The molecule has 0 aromatic carbocycles. The minimum Gasteiger partial charge on any atom is -0.481 e. The number of piperidine rings is 1. The van der Waals surface area contributed by atoms with E-state index in [1.807, 2.05) is 0 Å². The molecule has 0 aromatic heterocycles. The van der Waals surface area contributed by atoms with Crippen LogP contribution in [0.1, 0.15) is 45.4 Å². The fourth-order valence-corrected chi connectivity index (χ4v) is 8.48. The molecule has 2 heterocycles. The summed E-state index contributed by atoms with van der Waals surface area (Å²) in [7, 11) is 0. The highest BCUT2D eigenvalue weighted by atomic mass is 16.4. The van der Waals surface area contributed by atoms with Gasteiger partial charge >= 0.3 is 23.9 Å². The molecule has 0 radical (unpaired) electrons. The Balaban J connectivity index is 0.000000206. The maximum absolute atomic E-state index is 11.4. The molecule has 5 aliphatic rings. The summed E-state index contributed by atoms with van der Waals surface area (Å²) < 4.78 is 0. The summed E-state index contributed by atoms with van der Waals surface area (Å²) in [6, 6.07) is -1.44. The van der Waals surface area contributed by atoms with Crippen LogP contribution in [-0.2, 0) is 19.2 Å². The number of aliphatic hydroxyl groups is 6. The van der Waals surface area contributed by atoms with Crippen LogP contribution in [0.4, 0.5) is 0 Å². The molecule has 17 nitrogen and oxygen atoms in total. The monoisotopic (exact) mass is 717 g/mol. The van der Waals surface area contributed by atoms with E-state index >= 15 is 0 Å². The maximum atomic E-state index is 11.4. The van der Waals surface area contributed by atoms with E-state index in [1.54, 1.807) is 11.8 Å². The third-order valence-electron chi connectivity index (χ3n) is 10.9. The van der Waals surface area contributed by atoms with Crippen molar-refractivity contribution < 1.29 is 70.2 Å². The number of nitrogens with one attached hydrogen (secondary N) is 1. The van der Waals surface area contributed by atoms with E-state index in [1.165, 1.54) is 4.90 Å². The topological polar surface area (TPSA) is 289 Å². The minimum absolute atomic E-state index is 0.00658. The summed E-state index contributed by atoms with van der Waals surface area (Å²) in [6.07, 6.45) is 1.71. The highest BCUT2D eigenvalue weighted by Gasteiger charge is 2.56. The van der Waals surface area contributed by atoms with E-state index < -0.39 is 72.3 Å². The number of aliphatic hydroxyl groups excluding tert-OH is 6.